The Morgan fingerprint density at radius 1 is 1.28 bits per heavy atom. The largest absolute Gasteiger partial charge is 0.493 e. The van der Waals surface area contributed by atoms with Crippen LogP contribution in [-0.2, 0) is 0 Å². The van der Waals surface area contributed by atoms with E-state index in [4.69, 9.17) is 9.47 Å². The predicted molar refractivity (Wildman–Crippen MR) is 67.7 cm³/mol. The van der Waals surface area contributed by atoms with Gasteiger partial charge in [-0.05, 0) is 29.6 Å². The first-order valence-electron chi connectivity index (χ1n) is 5.13. The van der Waals surface area contributed by atoms with E-state index < -0.39 is 5.97 Å². The van der Waals surface area contributed by atoms with Gasteiger partial charge in [-0.1, -0.05) is 6.07 Å². The minimum absolute atomic E-state index is 0.237. The van der Waals surface area contributed by atoms with Gasteiger partial charge in [-0.15, -0.1) is 11.3 Å². The van der Waals surface area contributed by atoms with Crippen LogP contribution in [0.3, 0.4) is 0 Å². The molecular formula is C13H10O4S. The number of methoxy groups -OCH3 is 1. The third kappa shape index (κ3) is 2.57. The number of ether oxygens (including phenoxy) is 2. The van der Waals surface area contributed by atoms with Gasteiger partial charge in [0.2, 0.25) is 0 Å². The molecule has 0 aliphatic heterocycles. The van der Waals surface area contributed by atoms with E-state index >= 15 is 0 Å². The van der Waals surface area contributed by atoms with Gasteiger partial charge in [0.15, 0.2) is 11.5 Å². The Morgan fingerprint density at radius 2 is 2.11 bits per heavy atom. The van der Waals surface area contributed by atoms with Crippen LogP contribution in [0.4, 0.5) is 0 Å². The zero-order valence-corrected chi connectivity index (χ0v) is 10.4. The van der Waals surface area contributed by atoms with Crippen molar-refractivity contribution >= 4 is 23.6 Å². The Labute approximate surface area is 108 Å². The molecule has 0 fully saturated rings. The van der Waals surface area contributed by atoms with E-state index in [1.807, 2.05) is 0 Å². The minimum atomic E-state index is -0.466. The summed E-state index contributed by atoms with van der Waals surface area (Å²) in [5, 5.41) is 1.79. The maximum Gasteiger partial charge on any atom is 0.353 e. The quantitative estimate of drug-likeness (QED) is 0.483. The Balaban J connectivity index is 2.27. The predicted octanol–water partition coefficient (Wildman–Crippen LogP) is 2.79. The lowest BCUT2D eigenvalue weighted by molar-refractivity contribution is 0.0734. The van der Waals surface area contributed by atoms with E-state index in [1.165, 1.54) is 24.5 Å². The van der Waals surface area contributed by atoms with Crippen LogP contribution < -0.4 is 9.47 Å². The van der Waals surface area contributed by atoms with Crippen LogP contribution in [0.1, 0.15) is 20.0 Å². The molecule has 0 bridgehead atoms. The maximum absolute atomic E-state index is 11.8. The van der Waals surface area contributed by atoms with E-state index in [9.17, 15) is 9.59 Å². The second kappa shape index (κ2) is 5.46. The summed E-state index contributed by atoms with van der Waals surface area (Å²) in [5.41, 5.74) is 0.421. The summed E-state index contributed by atoms with van der Waals surface area (Å²) in [7, 11) is 1.47. The molecule has 5 heteroatoms. The van der Waals surface area contributed by atoms with Crippen LogP contribution in [0.5, 0.6) is 11.5 Å². The molecule has 0 spiro atoms. The summed E-state index contributed by atoms with van der Waals surface area (Å²) in [6, 6.07) is 8.08. The molecule has 0 N–H and O–H groups in total. The van der Waals surface area contributed by atoms with Crippen molar-refractivity contribution in [2.24, 2.45) is 0 Å². The monoisotopic (exact) mass is 262 g/mol. The highest BCUT2D eigenvalue weighted by Gasteiger charge is 2.13. The molecule has 4 nitrogen and oxygen atoms in total. The average molecular weight is 262 g/mol. The zero-order valence-electron chi connectivity index (χ0n) is 9.58. The molecule has 0 atom stereocenters. The zero-order chi connectivity index (χ0) is 13.0. The Bertz CT molecular complexity index is 560. The highest BCUT2D eigenvalue weighted by molar-refractivity contribution is 7.12. The Morgan fingerprint density at radius 3 is 2.72 bits per heavy atom. The topological polar surface area (TPSA) is 52.6 Å². The van der Waals surface area contributed by atoms with Crippen LogP contribution in [0.2, 0.25) is 0 Å². The van der Waals surface area contributed by atoms with E-state index in [-0.39, 0.29) is 5.75 Å². The van der Waals surface area contributed by atoms with Gasteiger partial charge in [-0.25, -0.2) is 4.79 Å². The van der Waals surface area contributed by atoms with E-state index in [2.05, 4.69) is 0 Å². The van der Waals surface area contributed by atoms with Gasteiger partial charge in [-0.3, -0.25) is 4.79 Å². The Hall–Kier alpha value is -2.14. The summed E-state index contributed by atoms with van der Waals surface area (Å²) >= 11 is 1.29. The standard InChI is InChI=1S/C13H10O4S/c1-16-10-5-4-9(8-14)7-11(10)17-13(15)12-3-2-6-18-12/h2-8H,1H3. The van der Waals surface area contributed by atoms with Crippen LogP contribution in [0, 0.1) is 0 Å². The van der Waals surface area contributed by atoms with Crippen molar-refractivity contribution in [3.63, 3.8) is 0 Å². The van der Waals surface area contributed by atoms with Crippen molar-refractivity contribution in [1.82, 2.24) is 0 Å². The van der Waals surface area contributed by atoms with Crippen molar-refractivity contribution in [3.8, 4) is 11.5 Å². The molecule has 18 heavy (non-hydrogen) atoms. The number of hydrogen-bond donors (Lipinski definition) is 0. The lowest BCUT2D eigenvalue weighted by atomic mass is 10.2. The summed E-state index contributed by atoms with van der Waals surface area (Å²) in [6.07, 6.45) is 0.682. The highest BCUT2D eigenvalue weighted by atomic mass is 32.1. The number of carbonyl (C=O) groups excluding carboxylic acids is 2. The van der Waals surface area contributed by atoms with E-state index in [1.54, 1.807) is 29.6 Å². The molecule has 0 amide bonds. The van der Waals surface area contributed by atoms with Gasteiger partial charge in [0, 0.05) is 5.56 Å². The number of thiophene rings is 1. The van der Waals surface area contributed by atoms with Crippen LogP contribution in [-0.4, -0.2) is 19.4 Å². The van der Waals surface area contributed by atoms with E-state index in [0.29, 0.717) is 22.5 Å². The smallest absolute Gasteiger partial charge is 0.353 e. The van der Waals surface area contributed by atoms with Gasteiger partial charge >= 0.3 is 5.97 Å². The summed E-state index contributed by atoms with van der Waals surface area (Å²) in [6.45, 7) is 0. The van der Waals surface area contributed by atoms with Crippen molar-refractivity contribution in [2.75, 3.05) is 7.11 Å². The molecule has 2 aromatic rings. The van der Waals surface area contributed by atoms with Crippen molar-refractivity contribution in [1.29, 1.82) is 0 Å². The first-order chi connectivity index (χ1) is 8.74. The van der Waals surface area contributed by atoms with Gasteiger partial charge in [0.05, 0.1) is 7.11 Å². The summed E-state index contributed by atoms with van der Waals surface area (Å²) in [4.78, 5) is 23.0. The molecule has 0 aliphatic carbocycles. The maximum atomic E-state index is 11.8. The summed E-state index contributed by atoms with van der Waals surface area (Å²) in [5.74, 6) is 0.178. The third-order valence-electron chi connectivity index (χ3n) is 2.25. The molecule has 92 valence electrons. The molecule has 0 unspecified atom stereocenters. The average Bonchev–Trinajstić information content (AvgIpc) is 2.92. The van der Waals surface area contributed by atoms with Crippen molar-refractivity contribution in [3.05, 3.63) is 46.2 Å². The van der Waals surface area contributed by atoms with Crippen molar-refractivity contribution < 1.29 is 19.1 Å². The second-order valence-corrected chi connectivity index (χ2v) is 4.34. The third-order valence-corrected chi connectivity index (χ3v) is 3.10. The molecule has 0 saturated heterocycles. The number of carbonyl (C=O) groups is 2. The lowest BCUT2D eigenvalue weighted by Gasteiger charge is -2.08. The molecule has 0 saturated carbocycles. The molecule has 0 aliphatic rings. The Kier molecular flexibility index (Phi) is 3.74. The van der Waals surface area contributed by atoms with Gasteiger partial charge in [0.25, 0.3) is 0 Å². The number of rotatable bonds is 4. The molecule has 0 radical (unpaired) electrons. The number of benzene rings is 1. The molecular weight excluding hydrogens is 252 g/mol. The molecule has 2 rings (SSSR count). The normalized spacial score (nSPS) is 9.83. The number of aldehydes is 1. The van der Waals surface area contributed by atoms with Gasteiger partial charge in [0.1, 0.15) is 11.2 Å². The molecule has 1 aromatic heterocycles. The SMILES string of the molecule is COc1ccc(C=O)cc1OC(=O)c1cccs1. The van der Waals surface area contributed by atoms with Crippen LogP contribution in [0.25, 0.3) is 0 Å². The second-order valence-electron chi connectivity index (χ2n) is 3.39. The first-order valence-corrected chi connectivity index (χ1v) is 6.01. The fraction of sp³-hybridized carbons (Fsp3) is 0.0769. The van der Waals surface area contributed by atoms with Gasteiger partial charge in [-0.2, -0.15) is 0 Å². The van der Waals surface area contributed by atoms with Gasteiger partial charge < -0.3 is 9.47 Å². The summed E-state index contributed by atoms with van der Waals surface area (Å²) < 4.78 is 10.3. The van der Waals surface area contributed by atoms with E-state index in [0.717, 1.165) is 0 Å². The fourth-order valence-electron chi connectivity index (χ4n) is 1.39. The first kappa shape index (κ1) is 12.3. The van der Waals surface area contributed by atoms with Crippen LogP contribution in [0.15, 0.2) is 35.7 Å². The molecule has 1 aromatic carbocycles. The number of hydrogen-bond acceptors (Lipinski definition) is 5. The molecule has 1 heterocycles. The van der Waals surface area contributed by atoms with Crippen molar-refractivity contribution in [2.45, 2.75) is 0 Å². The minimum Gasteiger partial charge on any atom is -0.493 e. The lowest BCUT2D eigenvalue weighted by Crippen LogP contribution is -2.07. The number of esters is 1. The van der Waals surface area contributed by atoms with Crippen LogP contribution >= 0.6 is 11.3 Å². The fourth-order valence-corrected chi connectivity index (χ4v) is 1.99. The highest BCUT2D eigenvalue weighted by Crippen LogP contribution is 2.28.